The maximum absolute atomic E-state index is 12.1. The van der Waals surface area contributed by atoms with E-state index in [4.69, 9.17) is 4.74 Å². The van der Waals surface area contributed by atoms with Crippen LogP contribution in [0.3, 0.4) is 0 Å². The number of nitrogens with one attached hydrogen (secondary N) is 2. The van der Waals surface area contributed by atoms with Crippen molar-refractivity contribution in [2.45, 2.75) is 25.6 Å². The molecule has 22 heavy (non-hydrogen) atoms. The Kier molecular flexibility index (Phi) is 4.64. The first-order chi connectivity index (χ1) is 10.3. The lowest BCUT2D eigenvalue weighted by atomic mass is 10.1. The molecule has 1 aromatic carbocycles. The van der Waals surface area contributed by atoms with Crippen LogP contribution < -0.4 is 16.1 Å². The van der Waals surface area contributed by atoms with E-state index < -0.39 is 24.0 Å². The molecule has 0 saturated heterocycles. The molecule has 9 heteroatoms. The molecule has 0 spiro atoms. The number of nitrogens with zero attached hydrogens (tertiary/aromatic N) is 1. The zero-order chi connectivity index (χ0) is 16.2. The van der Waals surface area contributed by atoms with Crippen molar-refractivity contribution in [2.24, 2.45) is 0 Å². The van der Waals surface area contributed by atoms with Crippen LogP contribution in [0, 0.1) is 0 Å². The summed E-state index contributed by atoms with van der Waals surface area (Å²) < 4.78 is 41.5. The summed E-state index contributed by atoms with van der Waals surface area (Å²) in [5, 5.41) is 0. The van der Waals surface area contributed by atoms with Crippen molar-refractivity contribution in [3.63, 3.8) is 0 Å². The van der Waals surface area contributed by atoms with Crippen molar-refractivity contribution in [3.8, 4) is 6.01 Å². The van der Waals surface area contributed by atoms with E-state index in [9.17, 15) is 22.8 Å². The van der Waals surface area contributed by atoms with Crippen molar-refractivity contribution in [1.82, 2.24) is 15.0 Å². The summed E-state index contributed by atoms with van der Waals surface area (Å²) in [5.41, 5.74) is -0.346. The van der Waals surface area contributed by atoms with Crippen molar-refractivity contribution in [2.75, 3.05) is 0 Å². The van der Waals surface area contributed by atoms with Crippen LogP contribution in [0.2, 0.25) is 0 Å². The van der Waals surface area contributed by atoms with Crippen molar-refractivity contribution >= 4 is 0 Å². The molecule has 0 saturated carbocycles. The first kappa shape index (κ1) is 15.8. The standard InChI is InChI=1S/C13H12F3N3O3/c14-13(15,16)6-5-8-1-3-9(4-2-8)7-22-12-18-10(20)17-11(21)19-12/h1-4H,5-7H2,(H2,17,18,19,20,21). The van der Waals surface area contributed by atoms with Crippen LogP contribution in [0.15, 0.2) is 33.9 Å². The van der Waals surface area contributed by atoms with Gasteiger partial charge in [-0.3, -0.25) is 9.97 Å². The molecule has 2 N–H and O–H groups in total. The molecular weight excluding hydrogens is 303 g/mol. The normalized spacial score (nSPS) is 11.4. The lowest BCUT2D eigenvalue weighted by Crippen LogP contribution is -2.25. The van der Waals surface area contributed by atoms with Gasteiger partial charge in [0.1, 0.15) is 6.61 Å². The predicted molar refractivity (Wildman–Crippen MR) is 70.6 cm³/mol. The summed E-state index contributed by atoms with van der Waals surface area (Å²) in [5.74, 6) is 0. The molecule has 0 aliphatic carbocycles. The molecule has 0 aliphatic heterocycles. The average molecular weight is 315 g/mol. The zero-order valence-electron chi connectivity index (χ0n) is 11.2. The number of ether oxygens (including phenoxy) is 1. The van der Waals surface area contributed by atoms with E-state index in [0.717, 1.165) is 0 Å². The monoisotopic (exact) mass is 315 g/mol. The zero-order valence-corrected chi connectivity index (χ0v) is 11.2. The van der Waals surface area contributed by atoms with Gasteiger partial charge in [-0.15, -0.1) is 4.98 Å². The van der Waals surface area contributed by atoms with Gasteiger partial charge in [-0.05, 0) is 17.5 Å². The van der Waals surface area contributed by atoms with E-state index in [0.29, 0.717) is 11.1 Å². The first-order valence-corrected chi connectivity index (χ1v) is 6.30. The number of H-pyrrole nitrogens is 2. The number of aryl methyl sites for hydroxylation is 1. The second-order valence-electron chi connectivity index (χ2n) is 4.52. The van der Waals surface area contributed by atoms with Crippen molar-refractivity contribution in [1.29, 1.82) is 0 Å². The molecule has 1 heterocycles. The summed E-state index contributed by atoms with van der Waals surface area (Å²) in [6, 6.07) is 6.13. The third kappa shape index (κ3) is 5.08. The van der Waals surface area contributed by atoms with Crippen LogP contribution in [0.5, 0.6) is 6.01 Å². The Bertz CT molecular complexity index is 707. The van der Waals surface area contributed by atoms with Crippen LogP contribution in [0.25, 0.3) is 0 Å². The molecule has 0 atom stereocenters. The Morgan fingerprint density at radius 2 is 1.68 bits per heavy atom. The Morgan fingerprint density at radius 3 is 2.27 bits per heavy atom. The number of hydrogen-bond donors (Lipinski definition) is 2. The highest BCUT2D eigenvalue weighted by Gasteiger charge is 2.26. The van der Waals surface area contributed by atoms with Gasteiger partial charge in [0.25, 0.3) is 0 Å². The molecule has 0 bridgehead atoms. The van der Waals surface area contributed by atoms with E-state index >= 15 is 0 Å². The van der Waals surface area contributed by atoms with E-state index in [1.54, 1.807) is 24.3 Å². The third-order valence-electron chi connectivity index (χ3n) is 2.74. The summed E-state index contributed by atoms with van der Waals surface area (Å²) in [6.45, 7) is 0.0198. The fourth-order valence-corrected chi connectivity index (χ4v) is 1.68. The van der Waals surface area contributed by atoms with Crippen LogP contribution in [-0.4, -0.2) is 21.1 Å². The number of benzene rings is 1. The molecule has 0 fully saturated rings. The lowest BCUT2D eigenvalue weighted by molar-refractivity contribution is -0.133. The summed E-state index contributed by atoms with van der Waals surface area (Å²) in [7, 11) is 0. The van der Waals surface area contributed by atoms with Gasteiger partial charge in [0.05, 0.1) is 0 Å². The molecular formula is C13H12F3N3O3. The Hall–Kier alpha value is -2.58. The van der Waals surface area contributed by atoms with Gasteiger partial charge in [0, 0.05) is 6.42 Å². The molecule has 1 aromatic heterocycles. The van der Waals surface area contributed by atoms with Gasteiger partial charge in [-0.25, -0.2) is 9.59 Å². The van der Waals surface area contributed by atoms with E-state index in [2.05, 4.69) is 9.97 Å². The van der Waals surface area contributed by atoms with Gasteiger partial charge >= 0.3 is 23.6 Å². The van der Waals surface area contributed by atoms with E-state index in [1.807, 2.05) is 4.98 Å². The smallest absolute Gasteiger partial charge is 0.389 e. The number of alkyl halides is 3. The van der Waals surface area contributed by atoms with Gasteiger partial charge in [0.15, 0.2) is 0 Å². The summed E-state index contributed by atoms with van der Waals surface area (Å²) in [4.78, 5) is 29.5. The minimum atomic E-state index is -4.18. The average Bonchev–Trinajstić information content (AvgIpc) is 2.42. The lowest BCUT2D eigenvalue weighted by Gasteiger charge is -2.07. The van der Waals surface area contributed by atoms with Crippen molar-refractivity contribution < 1.29 is 17.9 Å². The maximum Gasteiger partial charge on any atom is 0.389 e. The predicted octanol–water partition coefficient (Wildman–Crippen LogP) is 1.53. The van der Waals surface area contributed by atoms with Gasteiger partial charge in [0.2, 0.25) is 0 Å². The molecule has 118 valence electrons. The fraction of sp³-hybridized carbons (Fsp3) is 0.308. The van der Waals surface area contributed by atoms with E-state index in [-0.39, 0.29) is 19.0 Å². The molecule has 0 amide bonds. The maximum atomic E-state index is 12.1. The van der Waals surface area contributed by atoms with Crippen LogP contribution in [-0.2, 0) is 13.0 Å². The molecule has 2 rings (SSSR count). The van der Waals surface area contributed by atoms with Crippen LogP contribution >= 0.6 is 0 Å². The van der Waals surface area contributed by atoms with Crippen LogP contribution in [0.1, 0.15) is 17.5 Å². The fourth-order valence-electron chi connectivity index (χ4n) is 1.68. The number of aromatic amines is 2. The van der Waals surface area contributed by atoms with Gasteiger partial charge < -0.3 is 4.74 Å². The number of aromatic nitrogens is 3. The Labute approximate surface area is 122 Å². The second kappa shape index (κ2) is 6.46. The summed E-state index contributed by atoms with van der Waals surface area (Å²) in [6.07, 6.45) is -5.14. The Morgan fingerprint density at radius 1 is 1.05 bits per heavy atom. The molecule has 0 aliphatic rings. The largest absolute Gasteiger partial charge is 0.460 e. The van der Waals surface area contributed by atoms with Crippen LogP contribution in [0.4, 0.5) is 13.2 Å². The van der Waals surface area contributed by atoms with E-state index in [1.165, 1.54) is 0 Å². The molecule has 6 nitrogen and oxygen atoms in total. The molecule has 0 unspecified atom stereocenters. The number of hydrogen-bond acceptors (Lipinski definition) is 4. The second-order valence-corrected chi connectivity index (χ2v) is 4.52. The number of halogens is 3. The molecule has 0 radical (unpaired) electrons. The highest BCUT2D eigenvalue weighted by Crippen LogP contribution is 2.22. The minimum absolute atomic E-state index is 0.0198. The number of rotatable bonds is 5. The topological polar surface area (TPSA) is 87.8 Å². The SMILES string of the molecule is O=c1nc(OCc2ccc(CCC(F)(F)F)cc2)[nH]c(=O)[nH]1. The minimum Gasteiger partial charge on any atom is -0.460 e. The van der Waals surface area contributed by atoms with Crippen molar-refractivity contribution in [3.05, 3.63) is 56.4 Å². The quantitative estimate of drug-likeness (QED) is 0.876. The highest BCUT2D eigenvalue weighted by molar-refractivity contribution is 5.22. The summed E-state index contributed by atoms with van der Waals surface area (Å²) >= 11 is 0. The van der Waals surface area contributed by atoms with Gasteiger partial charge in [-0.1, -0.05) is 24.3 Å². The highest BCUT2D eigenvalue weighted by atomic mass is 19.4. The first-order valence-electron chi connectivity index (χ1n) is 6.30. The third-order valence-corrected chi connectivity index (χ3v) is 2.74. The Balaban J connectivity index is 1.94. The molecule has 2 aromatic rings. The van der Waals surface area contributed by atoms with Gasteiger partial charge in [-0.2, -0.15) is 13.2 Å².